The monoisotopic (exact) mass is 242 g/mol. The zero-order valence-electron chi connectivity index (χ0n) is 10.3. The molecule has 0 fully saturated rings. The minimum atomic E-state index is -0.435. The van der Waals surface area contributed by atoms with Crippen molar-refractivity contribution >= 4 is 23.4 Å². The molecule has 0 aliphatic carbocycles. The van der Waals surface area contributed by atoms with Crippen LogP contribution in [0.5, 0.6) is 0 Å². The second-order valence-electron chi connectivity index (χ2n) is 4.44. The average molecular weight is 242 g/mol. The van der Waals surface area contributed by atoms with Crippen LogP contribution in [0, 0.1) is 6.92 Å². The predicted octanol–water partition coefficient (Wildman–Crippen LogP) is 1.31. The van der Waals surface area contributed by atoms with E-state index in [0.717, 1.165) is 22.7 Å². The summed E-state index contributed by atoms with van der Waals surface area (Å²) >= 11 is 0. The van der Waals surface area contributed by atoms with Gasteiger partial charge in [-0.2, -0.15) is 0 Å². The van der Waals surface area contributed by atoms with Gasteiger partial charge in [0.1, 0.15) is 23.3 Å². The molecule has 1 amide bonds. The van der Waals surface area contributed by atoms with E-state index in [0.29, 0.717) is 0 Å². The maximum Gasteiger partial charge on any atom is 0.226 e. The lowest BCUT2D eigenvalue weighted by atomic mass is 10.2. The van der Waals surface area contributed by atoms with Gasteiger partial charge in [-0.3, -0.25) is 14.1 Å². The minimum Gasteiger partial charge on any atom is -0.308 e. The molecule has 0 bridgehead atoms. The van der Waals surface area contributed by atoms with E-state index in [1.807, 2.05) is 35.7 Å². The van der Waals surface area contributed by atoms with Crippen molar-refractivity contribution in [3.8, 4) is 0 Å². The lowest BCUT2D eigenvalue weighted by Crippen LogP contribution is -2.46. The van der Waals surface area contributed by atoms with Gasteiger partial charge in [0.15, 0.2) is 0 Å². The van der Waals surface area contributed by atoms with Gasteiger partial charge in [-0.1, -0.05) is 6.07 Å². The Morgan fingerprint density at radius 3 is 3.00 bits per heavy atom. The molecule has 1 atom stereocenters. The van der Waals surface area contributed by atoms with Gasteiger partial charge in [0.25, 0.3) is 0 Å². The van der Waals surface area contributed by atoms with Crippen molar-refractivity contribution in [3.63, 3.8) is 0 Å². The number of aryl methyl sites for hydroxylation is 1. The molecular weight excluding hydrogens is 228 g/mol. The summed E-state index contributed by atoms with van der Waals surface area (Å²) in [5, 5.41) is 0. The molecule has 3 heterocycles. The van der Waals surface area contributed by atoms with Crippen LogP contribution in [0.2, 0.25) is 0 Å². The number of aromatic nitrogens is 2. The lowest BCUT2D eigenvalue weighted by Gasteiger charge is -2.28. The van der Waals surface area contributed by atoms with E-state index in [2.05, 4.69) is 4.98 Å². The normalized spacial score (nSPS) is 18.2. The van der Waals surface area contributed by atoms with Crippen LogP contribution in [0.1, 0.15) is 18.2 Å². The maximum absolute atomic E-state index is 11.8. The fourth-order valence-electron chi connectivity index (χ4n) is 2.34. The molecule has 92 valence electrons. The first-order chi connectivity index (χ1) is 8.59. The SMILES string of the molecule is CC(=O)N1c2c(nc3c(C)cccn23)C=CC1N. The Balaban J connectivity index is 2.36. The number of rotatable bonds is 0. The summed E-state index contributed by atoms with van der Waals surface area (Å²) < 4.78 is 1.91. The quantitative estimate of drug-likeness (QED) is 0.757. The van der Waals surface area contributed by atoms with Crippen molar-refractivity contribution in [2.45, 2.75) is 20.0 Å². The Hall–Kier alpha value is -2.14. The van der Waals surface area contributed by atoms with Crippen LogP contribution in [-0.2, 0) is 4.79 Å². The number of hydrogen-bond donors (Lipinski definition) is 1. The van der Waals surface area contributed by atoms with E-state index in [-0.39, 0.29) is 5.91 Å². The van der Waals surface area contributed by atoms with E-state index in [4.69, 9.17) is 5.73 Å². The third kappa shape index (κ3) is 1.37. The molecule has 3 rings (SSSR count). The van der Waals surface area contributed by atoms with Crippen LogP contribution in [0.15, 0.2) is 24.4 Å². The molecule has 5 nitrogen and oxygen atoms in total. The molecule has 18 heavy (non-hydrogen) atoms. The smallest absolute Gasteiger partial charge is 0.226 e. The van der Waals surface area contributed by atoms with Crippen molar-refractivity contribution in [1.29, 1.82) is 0 Å². The molecule has 0 saturated heterocycles. The third-order valence-electron chi connectivity index (χ3n) is 3.16. The second kappa shape index (κ2) is 3.68. The predicted molar refractivity (Wildman–Crippen MR) is 70.1 cm³/mol. The average Bonchev–Trinajstić information content (AvgIpc) is 2.69. The topological polar surface area (TPSA) is 63.6 Å². The summed E-state index contributed by atoms with van der Waals surface area (Å²) in [6, 6.07) is 3.93. The van der Waals surface area contributed by atoms with E-state index in [1.54, 1.807) is 11.0 Å². The molecule has 1 unspecified atom stereocenters. The van der Waals surface area contributed by atoms with Gasteiger partial charge in [0.05, 0.1) is 0 Å². The first kappa shape index (κ1) is 11.0. The van der Waals surface area contributed by atoms with Crippen molar-refractivity contribution in [1.82, 2.24) is 9.38 Å². The fraction of sp³-hybridized carbons (Fsp3) is 0.231. The van der Waals surface area contributed by atoms with E-state index in [1.165, 1.54) is 6.92 Å². The highest BCUT2D eigenvalue weighted by molar-refractivity contribution is 5.95. The highest BCUT2D eigenvalue weighted by atomic mass is 16.2. The summed E-state index contributed by atoms with van der Waals surface area (Å²) in [5.74, 6) is 0.660. The van der Waals surface area contributed by atoms with Gasteiger partial charge >= 0.3 is 0 Å². The summed E-state index contributed by atoms with van der Waals surface area (Å²) in [6.07, 6.45) is 5.11. The zero-order chi connectivity index (χ0) is 12.9. The van der Waals surface area contributed by atoms with Gasteiger partial charge in [0, 0.05) is 13.1 Å². The first-order valence-corrected chi connectivity index (χ1v) is 5.81. The van der Waals surface area contributed by atoms with E-state index in [9.17, 15) is 4.79 Å². The van der Waals surface area contributed by atoms with Gasteiger partial charge in [0.2, 0.25) is 5.91 Å². The number of nitrogens with zero attached hydrogens (tertiary/aromatic N) is 3. The Bertz CT molecular complexity index is 671. The first-order valence-electron chi connectivity index (χ1n) is 5.81. The molecule has 2 aromatic heterocycles. The highest BCUT2D eigenvalue weighted by Crippen LogP contribution is 2.29. The maximum atomic E-state index is 11.8. The van der Waals surface area contributed by atoms with E-state index < -0.39 is 6.17 Å². The van der Waals surface area contributed by atoms with Crippen molar-refractivity contribution in [2.24, 2.45) is 5.73 Å². The molecule has 5 heteroatoms. The van der Waals surface area contributed by atoms with Gasteiger partial charge < -0.3 is 5.73 Å². The Kier molecular flexibility index (Phi) is 2.24. The third-order valence-corrected chi connectivity index (χ3v) is 3.16. The summed E-state index contributed by atoms with van der Waals surface area (Å²) in [5.41, 5.74) is 8.66. The number of hydrogen-bond acceptors (Lipinski definition) is 3. The number of nitrogens with two attached hydrogens (primary N) is 1. The number of pyridine rings is 1. The summed E-state index contributed by atoms with van der Waals surface area (Å²) in [7, 11) is 0. The molecule has 1 aliphatic rings. The van der Waals surface area contributed by atoms with Crippen molar-refractivity contribution < 1.29 is 4.79 Å². The Morgan fingerprint density at radius 2 is 2.28 bits per heavy atom. The molecule has 2 aromatic rings. The standard InChI is InChI=1S/C13H14N4O/c1-8-4-3-7-16-12(8)15-10-5-6-11(14)17(9(2)18)13(10)16/h3-7,11H,14H2,1-2H3. The Morgan fingerprint density at radius 1 is 1.50 bits per heavy atom. The molecule has 0 radical (unpaired) electrons. The largest absolute Gasteiger partial charge is 0.308 e. The number of fused-ring (bicyclic) bond motifs is 3. The molecular formula is C13H14N4O. The molecule has 2 N–H and O–H groups in total. The van der Waals surface area contributed by atoms with Gasteiger partial charge in [-0.15, -0.1) is 0 Å². The van der Waals surface area contributed by atoms with Gasteiger partial charge in [-0.25, -0.2) is 4.98 Å². The number of anilines is 1. The van der Waals surface area contributed by atoms with Crippen molar-refractivity contribution in [3.05, 3.63) is 35.7 Å². The van der Waals surface area contributed by atoms with Crippen LogP contribution < -0.4 is 10.6 Å². The number of carbonyl (C=O) groups is 1. The second-order valence-corrected chi connectivity index (χ2v) is 4.44. The van der Waals surface area contributed by atoms with E-state index >= 15 is 0 Å². The van der Waals surface area contributed by atoms with Crippen LogP contribution in [0.3, 0.4) is 0 Å². The van der Waals surface area contributed by atoms with Crippen LogP contribution in [0.4, 0.5) is 5.82 Å². The zero-order valence-corrected chi connectivity index (χ0v) is 10.3. The number of amides is 1. The van der Waals surface area contributed by atoms with Gasteiger partial charge in [-0.05, 0) is 30.7 Å². The molecule has 0 spiro atoms. The molecule has 1 aliphatic heterocycles. The van der Waals surface area contributed by atoms with Crippen LogP contribution in [0.25, 0.3) is 11.7 Å². The Labute approximate surface area is 105 Å². The molecule has 0 saturated carbocycles. The number of imidazole rings is 1. The van der Waals surface area contributed by atoms with Crippen LogP contribution in [-0.4, -0.2) is 21.5 Å². The lowest BCUT2D eigenvalue weighted by molar-refractivity contribution is -0.116. The molecule has 0 aromatic carbocycles. The van der Waals surface area contributed by atoms with Crippen LogP contribution >= 0.6 is 0 Å². The summed E-state index contributed by atoms with van der Waals surface area (Å²) in [6.45, 7) is 3.51. The number of carbonyl (C=O) groups excluding carboxylic acids is 1. The highest BCUT2D eigenvalue weighted by Gasteiger charge is 2.27. The van der Waals surface area contributed by atoms with Crippen molar-refractivity contribution in [2.75, 3.05) is 4.90 Å². The fourth-order valence-corrected chi connectivity index (χ4v) is 2.34. The minimum absolute atomic E-state index is 0.0867. The summed E-state index contributed by atoms with van der Waals surface area (Å²) in [4.78, 5) is 17.9.